The van der Waals surface area contributed by atoms with Gasteiger partial charge < -0.3 is 10.0 Å². The Morgan fingerprint density at radius 1 is 1.00 bits per heavy atom. The largest absolute Gasteiger partial charge is 0.481 e. The molecule has 0 atom stereocenters. The highest BCUT2D eigenvalue weighted by atomic mass is 32.3. The van der Waals surface area contributed by atoms with Crippen molar-refractivity contribution in [2.75, 3.05) is 18.0 Å². The van der Waals surface area contributed by atoms with E-state index in [0.717, 1.165) is 63.3 Å². The Bertz CT molecular complexity index is 2180. The van der Waals surface area contributed by atoms with E-state index in [1.54, 1.807) is 17.4 Å². The molecule has 6 rings (SSSR count). The predicted molar refractivity (Wildman–Crippen MR) is 200 cm³/mol. The SMILES string of the molecule is CCCC[N+]1=C(/C=C/C=C/C=C2/N(CCCC(=O)O)c3cc(C)c4sc(S(=O)(=O)O)cc4c3C2(C)C)C(C)(C)c2c1ccc1sccc21. The lowest BCUT2D eigenvalue weighted by Crippen LogP contribution is -2.28. The number of rotatable bonds is 11. The Morgan fingerprint density at radius 3 is 2.48 bits per heavy atom. The topological polar surface area (TPSA) is 97.9 Å². The number of hydrogen-bond donors (Lipinski definition) is 2. The van der Waals surface area contributed by atoms with Gasteiger partial charge >= 0.3 is 16.1 Å². The number of fused-ring (bicyclic) bond motifs is 6. The fourth-order valence-corrected chi connectivity index (χ4v) is 10.2. The number of thiophene rings is 2. The van der Waals surface area contributed by atoms with E-state index < -0.39 is 21.5 Å². The summed E-state index contributed by atoms with van der Waals surface area (Å²) in [5, 5.41) is 13.7. The minimum absolute atomic E-state index is 0.0493. The third-order valence-electron chi connectivity index (χ3n) is 9.75. The lowest BCUT2D eigenvalue weighted by molar-refractivity contribution is -0.438. The predicted octanol–water partition coefficient (Wildman–Crippen LogP) is 9.51. The average Bonchev–Trinajstić information content (AvgIpc) is 3.75. The van der Waals surface area contributed by atoms with E-state index in [1.165, 1.54) is 27.0 Å². The number of aryl methyl sites for hydroxylation is 1. The van der Waals surface area contributed by atoms with Crippen molar-refractivity contribution in [2.24, 2.45) is 0 Å². The molecule has 2 aromatic carbocycles. The molecule has 0 saturated carbocycles. The third kappa shape index (κ3) is 5.87. The van der Waals surface area contributed by atoms with E-state index in [2.05, 4.69) is 92.0 Å². The second kappa shape index (κ2) is 12.7. The quantitative estimate of drug-likeness (QED) is 0.0918. The number of unbranched alkanes of at least 4 members (excludes halogenated alkanes) is 1. The lowest BCUT2D eigenvalue weighted by Gasteiger charge is -2.27. The van der Waals surface area contributed by atoms with E-state index in [9.17, 15) is 22.9 Å². The molecule has 0 aliphatic carbocycles. The summed E-state index contributed by atoms with van der Waals surface area (Å²) in [6.07, 6.45) is 13.2. The van der Waals surface area contributed by atoms with Crippen molar-refractivity contribution < 1.29 is 27.4 Å². The number of aliphatic carboxylic acids is 1. The van der Waals surface area contributed by atoms with Crippen molar-refractivity contribution in [1.82, 2.24) is 0 Å². The summed E-state index contributed by atoms with van der Waals surface area (Å²) in [6, 6.07) is 10.4. The zero-order valence-corrected chi connectivity index (χ0v) is 30.8. The van der Waals surface area contributed by atoms with Crippen molar-refractivity contribution in [3.05, 3.63) is 88.5 Å². The molecular formula is C38H43N2O5S3+. The summed E-state index contributed by atoms with van der Waals surface area (Å²) in [5.74, 6) is -0.839. The molecule has 4 heterocycles. The molecule has 2 N–H and O–H groups in total. The van der Waals surface area contributed by atoms with Crippen molar-refractivity contribution in [1.29, 1.82) is 0 Å². The fourth-order valence-electron chi connectivity index (χ4n) is 7.57. The van der Waals surface area contributed by atoms with Gasteiger partial charge in [-0.25, -0.2) is 0 Å². The Balaban J connectivity index is 1.38. The Morgan fingerprint density at radius 2 is 1.77 bits per heavy atom. The summed E-state index contributed by atoms with van der Waals surface area (Å²) in [7, 11) is -4.36. The maximum absolute atomic E-state index is 12.1. The minimum Gasteiger partial charge on any atom is -0.481 e. The number of hydrogen-bond acceptors (Lipinski definition) is 6. The highest BCUT2D eigenvalue weighted by Gasteiger charge is 2.45. The van der Waals surface area contributed by atoms with Gasteiger partial charge in [0, 0.05) is 74.1 Å². The first kappa shape index (κ1) is 34.3. The highest BCUT2D eigenvalue weighted by Crippen LogP contribution is 2.53. The highest BCUT2D eigenvalue weighted by molar-refractivity contribution is 7.88. The Kier molecular flexibility index (Phi) is 9.08. The Hall–Kier alpha value is -3.57. The van der Waals surface area contributed by atoms with E-state index in [1.807, 2.05) is 19.1 Å². The van der Waals surface area contributed by atoms with E-state index in [0.29, 0.717) is 13.0 Å². The molecule has 10 heteroatoms. The van der Waals surface area contributed by atoms with Gasteiger partial charge in [0.1, 0.15) is 10.8 Å². The molecule has 0 bridgehead atoms. The van der Waals surface area contributed by atoms with E-state index in [4.69, 9.17) is 0 Å². The smallest absolute Gasteiger partial charge is 0.304 e. The molecule has 48 heavy (non-hydrogen) atoms. The van der Waals surface area contributed by atoms with Crippen molar-refractivity contribution in [3.63, 3.8) is 0 Å². The number of benzene rings is 2. The average molecular weight is 704 g/mol. The first-order valence-corrected chi connectivity index (χ1v) is 19.6. The molecule has 252 valence electrons. The summed E-state index contributed by atoms with van der Waals surface area (Å²) < 4.78 is 38.6. The van der Waals surface area contributed by atoms with Crippen LogP contribution in [0.1, 0.15) is 77.0 Å². The van der Waals surface area contributed by atoms with Crippen LogP contribution in [0.4, 0.5) is 11.4 Å². The van der Waals surface area contributed by atoms with Crippen molar-refractivity contribution >= 4 is 76.0 Å². The molecule has 0 saturated heterocycles. The van der Waals surface area contributed by atoms with Crippen LogP contribution in [0.2, 0.25) is 0 Å². The maximum Gasteiger partial charge on any atom is 0.304 e. The lowest BCUT2D eigenvalue weighted by atomic mass is 9.80. The molecule has 0 radical (unpaired) electrons. The molecule has 2 aliphatic heterocycles. The minimum atomic E-state index is -4.36. The van der Waals surface area contributed by atoms with Crippen LogP contribution < -0.4 is 4.90 Å². The summed E-state index contributed by atoms with van der Waals surface area (Å²) in [6.45, 7) is 14.5. The molecule has 7 nitrogen and oxygen atoms in total. The van der Waals surface area contributed by atoms with Gasteiger partial charge in [-0.15, -0.1) is 22.7 Å². The maximum atomic E-state index is 12.1. The van der Waals surface area contributed by atoms with Crippen LogP contribution in [0.3, 0.4) is 0 Å². The molecule has 2 aromatic heterocycles. The van der Waals surface area contributed by atoms with Gasteiger partial charge in [-0.1, -0.05) is 45.4 Å². The molecule has 0 amide bonds. The molecule has 0 unspecified atom stereocenters. The number of anilines is 1. The number of nitrogens with zero attached hydrogens (tertiary/aromatic N) is 2. The van der Waals surface area contributed by atoms with Gasteiger partial charge in [-0.05, 0) is 74.0 Å². The monoisotopic (exact) mass is 703 g/mol. The summed E-state index contributed by atoms with van der Waals surface area (Å²) in [4.78, 5) is 13.6. The number of carboxylic acid groups (broad SMARTS) is 1. The van der Waals surface area contributed by atoms with Crippen molar-refractivity contribution in [3.8, 4) is 0 Å². The van der Waals surface area contributed by atoms with Crippen LogP contribution in [0.15, 0.2) is 76.0 Å². The van der Waals surface area contributed by atoms with E-state index >= 15 is 0 Å². The zero-order valence-electron chi connectivity index (χ0n) is 28.3. The van der Waals surface area contributed by atoms with Crippen molar-refractivity contribution in [2.45, 2.75) is 82.3 Å². The second-order valence-electron chi connectivity index (χ2n) is 13.7. The van der Waals surface area contributed by atoms with Crippen LogP contribution in [-0.4, -0.2) is 47.4 Å². The van der Waals surface area contributed by atoms with Crippen LogP contribution in [0, 0.1) is 6.92 Å². The van der Waals surface area contributed by atoms with Gasteiger partial charge in [0.05, 0.1) is 5.41 Å². The molecule has 2 aliphatic rings. The van der Waals surface area contributed by atoms with Crippen LogP contribution in [0.25, 0.3) is 20.2 Å². The number of carbonyl (C=O) groups is 1. The molecule has 0 spiro atoms. The van der Waals surface area contributed by atoms with Gasteiger partial charge in [0.15, 0.2) is 5.71 Å². The van der Waals surface area contributed by atoms with Crippen LogP contribution >= 0.6 is 22.7 Å². The third-order valence-corrected chi connectivity index (χ3v) is 13.2. The van der Waals surface area contributed by atoms with Gasteiger partial charge in [0.2, 0.25) is 5.69 Å². The van der Waals surface area contributed by atoms with Crippen LogP contribution in [-0.2, 0) is 25.7 Å². The normalized spacial score (nSPS) is 18.0. The second-order valence-corrected chi connectivity index (χ2v) is 17.4. The number of carboxylic acids is 1. The zero-order chi connectivity index (χ0) is 34.6. The van der Waals surface area contributed by atoms with E-state index in [-0.39, 0.29) is 16.0 Å². The first-order valence-electron chi connectivity index (χ1n) is 16.4. The molecule has 4 aromatic rings. The van der Waals surface area contributed by atoms with Gasteiger partial charge in [-0.2, -0.15) is 13.0 Å². The molecular weight excluding hydrogens is 661 g/mol. The number of allylic oxidation sites excluding steroid dienone is 6. The molecule has 0 fully saturated rings. The fraction of sp³-hybridized carbons (Fsp3) is 0.368. The summed E-state index contributed by atoms with van der Waals surface area (Å²) in [5.41, 5.74) is 7.12. The standard InChI is InChI=1S/C38H42N2O5S3/c1-7-8-19-39-27-16-17-29-25(18-21-46-29)34(27)37(3,4)30(39)13-10-9-11-14-31-38(5,6)35-26-23-33(48(43,44)45)47-36(26)24(2)22-28(35)40(31)20-12-15-32(41)42/h9-11,13-14,16-18,21-23H,7-8,12,15,19-20H2,1-6H3,(H-,41,42,43,44,45)/p+1. The van der Waals surface area contributed by atoms with Crippen LogP contribution in [0.5, 0.6) is 0 Å². The first-order chi connectivity index (χ1) is 22.7. The Labute approximate surface area is 291 Å². The summed E-state index contributed by atoms with van der Waals surface area (Å²) >= 11 is 2.86. The van der Waals surface area contributed by atoms with Gasteiger partial charge in [0.25, 0.3) is 0 Å². The van der Waals surface area contributed by atoms with Gasteiger partial charge in [-0.3, -0.25) is 9.35 Å².